The van der Waals surface area contributed by atoms with E-state index in [0.717, 1.165) is 5.56 Å². The van der Waals surface area contributed by atoms with E-state index in [1.807, 2.05) is 38.1 Å². The van der Waals surface area contributed by atoms with Crippen molar-refractivity contribution in [2.45, 2.75) is 13.8 Å². The van der Waals surface area contributed by atoms with Crippen molar-refractivity contribution in [1.82, 2.24) is 0 Å². The Kier molecular flexibility index (Phi) is 3.75. The molecule has 1 rings (SSSR count). The first-order valence-electron chi connectivity index (χ1n) is 4.57. The van der Waals surface area contributed by atoms with Crippen molar-refractivity contribution in [3.8, 4) is 6.07 Å². The molecular formula is C12H13NO. The summed E-state index contributed by atoms with van der Waals surface area (Å²) in [7, 11) is 0. The SMILES string of the molecule is CCO/C=C(/C#N)c1ccc(C)cc1. The van der Waals surface area contributed by atoms with Crippen LogP contribution in [-0.2, 0) is 4.74 Å². The number of rotatable bonds is 3. The summed E-state index contributed by atoms with van der Waals surface area (Å²) in [5.74, 6) is 0. The maximum Gasteiger partial charge on any atom is 0.103 e. The molecule has 0 aromatic heterocycles. The molecule has 1 aromatic carbocycles. The van der Waals surface area contributed by atoms with Crippen molar-refractivity contribution >= 4 is 5.57 Å². The van der Waals surface area contributed by atoms with Crippen LogP contribution in [-0.4, -0.2) is 6.61 Å². The van der Waals surface area contributed by atoms with Crippen LogP contribution < -0.4 is 0 Å². The fourth-order valence-electron chi connectivity index (χ4n) is 1.06. The van der Waals surface area contributed by atoms with Crippen LogP contribution in [0, 0.1) is 18.3 Å². The molecule has 0 atom stereocenters. The van der Waals surface area contributed by atoms with Gasteiger partial charge in [0, 0.05) is 0 Å². The van der Waals surface area contributed by atoms with Gasteiger partial charge in [-0.15, -0.1) is 0 Å². The van der Waals surface area contributed by atoms with Gasteiger partial charge in [0.2, 0.25) is 0 Å². The van der Waals surface area contributed by atoms with Crippen molar-refractivity contribution in [2.24, 2.45) is 0 Å². The molecule has 0 saturated carbocycles. The van der Waals surface area contributed by atoms with Crippen LogP contribution in [0.3, 0.4) is 0 Å². The van der Waals surface area contributed by atoms with Crippen molar-refractivity contribution in [3.05, 3.63) is 41.7 Å². The summed E-state index contributed by atoms with van der Waals surface area (Å²) in [6.07, 6.45) is 1.50. The second kappa shape index (κ2) is 5.08. The summed E-state index contributed by atoms with van der Waals surface area (Å²) in [6, 6.07) is 9.91. The summed E-state index contributed by atoms with van der Waals surface area (Å²) >= 11 is 0. The Morgan fingerprint density at radius 1 is 1.43 bits per heavy atom. The Hall–Kier alpha value is -1.75. The molecule has 0 radical (unpaired) electrons. The van der Waals surface area contributed by atoms with E-state index in [2.05, 4.69) is 6.07 Å². The molecule has 0 unspecified atom stereocenters. The van der Waals surface area contributed by atoms with E-state index >= 15 is 0 Å². The Bertz CT molecular complexity index is 357. The lowest BCUT2D eigenvalue weighted by molar-refractivity contribution is 0.271. The molecule has 1 aromatic rings. The Labute approximate surface area is 84.4 Å². The zero-order valence-corrected chi connectivity index (χ0v) is 8.45. The van der Waals surface area contributed by atoms with Crippen LogP contribution in [0.1, 0.15) is 18.1 Å². The molecular weight excluding hydrogens is 174 g/mol. The van der Waals surface area contributed by atoms with Gasteiger partial charge in [0.15, 0.2) is 0 Å². The summed E-state index contributed by atoms with van der Waals surface area (Å²) in [5.41, 5.74) is 2.64. The van der Waals surface area contributed by atoms with E-state index in [4.69, 9.17) is 10.00 Å². The number of aryl methyl sites for hydroxylation is 1. The van der Waals surface area contributed by atoms with Gasteiger partial charge in [0.25, 0.3) is 0 Å². The van der Waals surface area contributed by atoms with Crippen LogP contribution in [0.5, 0.6) is 0 Å². The highest BCUT2D eigenvalue weighted by molar-refractivity contribution is 5.75. The summed E-state index contributed by atoms with van der Waals surface area (Å²) in [5, 5.41) is 8.88. The number of hydrogen-bond donors (Lipinski definition) is 0. The van der Waals surface area contributed by atoms with Crippen molar-refractivity contribution in [1.29, 1.82) is 5.26 Å². The van der Waals surface area contributed by atoms with Gasteiger partial charge < -0.3 is 4.74 Å². The highest BCUT2D eigenvalue weighted by Gasteiger charge is 1.99. The third-order valence-electron chi connectivity index (χ3n) is 1.85. The topological polar surface area (TPSA) is 33.0 Å². The van der Waals surface area contributed by atoms with E-state index in [0.29, 0.717) is 12.2 Å². The summed E-state index contributed by atoms with van der Waals surface area (Å²) < 4.78 is 5.09. The first kappa shape index (κ1) is 10.3. The maximum absolute atomic E-state index is 8.88. The second-order valence-corrected chi connectivity index (χ2v) is 2.96. The third kappa shape index (κ3) is 2.63. The van der Waals surface area contributed by atoms with E-state index in [1.54, 1.807) is 0 Å². The first-order chi connectivity index (χ1) is 6.77. The molecule has 0 aliphatic carbocycles. The molecule has 0 N–H and O–H groups in total. The van der Waals surface area contributed by atoms with Crippen LogP contribution in [0.15, 0.2) is 30.5 Å². The molecule has 0 bridgehead atoms. The number of hydrogen-bond acceptors (Lipinski definition) is 2. The Morgan fingerprint density at radius 3 is 2.57 bits per heavy atom. The van der Waals surface area contributed by atoms with E-state index in [-0.39, 0.29) is 0 Å². The Balaban J connectivity index is 2.91. The minimum absolute atomic E-state index is 0.562. The van der Waals surface area contributed by atoms with Gasteiger partial charge in [-0.3, -0.25) is 0 Å². The summed E-state index contributed by atoms with van der Waals surface area (Å²) in [6.45, 7) is 4.49. The molecule has 0 fully saturated rings. The van der Waals surface area contributed by atoms with Crippen LogP contribution in [0.25, 0.3) is 5.57 Å². The molecule has 72 valence electrons. The van der Waals surface area contributed by atoms with Gasteiger partial charge in [-0.2, -0.15) is 5.26 Å². The lowest BCUT2D eigenvalue weighted by atomic mass is 10.1. The number of ether oxygens (including phenoxy) is 1. The normalized spacial score (nSPS) is 10.8. The number of benzene rings is 1. The van der Waals surface area contributed by atoms with Gasteiger partial charge in [-0.05, 0) is 19.4 Å². The fourth-order valence-corrected chi connectivity index (χ4v) is 1.06. The molecule has 0 amide bonds. The van der Waals surface area contributed by atoms with Crippen LogP contribution in [0.2, 0.25) is 0 Å². The molecule has 2 heteroatoms. The molecule has 0 aliphatic rings. The average Bonchev–Trinajstić information content (AvgIpc) is 2.21. The van der Waals surface area contributed by atoms with Crippen molar-refractivity contribution in [3.63, 3.8) is 0 Å². The monoisotopic (exact) mass is 187 g/mol. The van der Waals surface area contributed by atoms with E-state index in [1.165, 1.54) is 11.8 Å². The van der Waals surface area contributed by atoms with Crippen molar-refractivity contribution in [2.75, 3.05) is 6.61 Å². The molecule has 2 nitrogen and oxygen atoms in total. The molecule has 0 spiro atoms. The summed E-state index contributed by atoms with van der Waals surface area (Å²) in [4.78, 5) is 0. The minimum atomic E-state index is 0.562. The Morgan fingerprint density at radius 2 is 2.07 bits per heavy atom. The fraction of sp³-hybridized carbons (Fsp3) is 0.250. The number of nitriles is 1. The quantitative estimate of drug-likeness (QED) is 0.538. The minimum Gasteiger partial charge on any atom is -0.500 e. The predicted octanol–water partition coefficient (Wildman–Crippen LogP) is 2.90. The molecule has 14 heavy (non-hydrogen) atoms. The average molecular weight is 187 g/mol. The van der Waals surface area contributed by atoms with Crippen LogP contribution >= 0.6 is 0 Å². The number of allylic oxidation sites excluding steroid dienone is 1. The first-order valence-corrected chi connectivity index (χ1v) is 4.57. The van der Waals surface area contributed by atoms with E-state index < -0.39 is 0 Å². The number of nitrogens with zero attached hydrogens (tertiary/aromatic N) is 1. The highest BCUT2D eigenvalue weighted by Crippen LogP contribution is 2.14. The molecule has 0 heterocycles. The van der Waals surface area contributed by atoms with Gasteiger partial charge in [0.05, 0.1) is 12.2 Å². The predicted molar refractivity (Wildman–Crippen MR) is 56.4 cm³/mol. The third-order valence-corrected chi connectivity index (χ3v) is 1.85. The largest absolute Gasteiger partial charge is 0.500 e. The van der Waals surface area contributed by atoms with Gasteiger partial charge in [-0.1, -0.05) is 29.8 Å². The smallest absolute Gasteiger partial charge is 0.103 e. The zero-order valence-electron chi connectivity index (χ0n) is 8.45. The van der Waals surface area contributed by atoms with E-state index in [9.17, 15) is 0 Å². The highest BCUT2D eigenvalue weighted by atomic mass is 16.5. The lowest BCUT2D eigenvalue weighted by Crippen LogP contribution is -1.85. The van der Waals surface area contributed by atoms with Crippen molar-refractivity contribution < 1.29 is 4.74 Å². The van der Waals surface area contributed by atoms with Gasteiger partial charge >= 0.3 is 0 Å². The molecule has 0 aliphatic heterocycles. The second-order valence-electron chi connectivity index (χ2n) is 2.96. The standard InChI is InChI=1S/C12H13NO/c1-3-14-9-12(8-13)11-6-4-10(2)5-7-11/h4-7,9H,3H2,1-2H3/b12-9-. The van der Waals surface area contributed by atoms with Gasteiger partial charge in [-0.25, -0.2) is 0 Å². The zero-order chi connectivity index (χ0) is 10.4. The lowest BCUT2D eigenvalue weighted by Gasteiger charge is -2.00. The van der Waals surface area contributed by atoms with Gasteiger partial charge in [0.1, 0.15) is 12.3 Å². The maximum atomic E-state index is 8.88. The van der Waals surface area contributed by atoms with Crippen LogP contribution in [0.4, 0.5) is 0 Å². The molecule has 0 saturated heterocycles.